The van der Waals surface area contributed by atoms with Gasteiger partial charge in [-0.15, -0.1) is 0 Å². The second-order valence-electron chi connectivity index (χ2n) is 5.43. The third kappa shape index (κ3) is 1.39. The molecule has 0 radical (unpaired) electrons. The second kappa shape index (κ2) is 2.73. The summed E-state index contributed by atoms with van der Waals surface area (Å²) in [4.78, 5) is 2.65. The van der Waals surface area contributed by atoms with E-state index in [1.54, 1.807) is 0 Å². The Kier molecular flexibility index (Phi) is 2.28. The van der Waals surface area contributed by atoms with Gasteiger partial charge >= 0.3 is 0 Å². The Morgan fingerprint density at radius 3 is 1.75 bits per heavy atom. The van der Waals surface area contributed by atoms with Crippen LogP contribution in [0.25, 0.3) is 0 Å². The van der Waals surface area contributed by atoms with Crippen molar-refractivity contribution in [2.45, 2.75) is 71.5 Å². The minimum absolute atomic E-state index is 0.429. The topological polar surface area (TPSA) is 3.24 Å². The van der Waals surface area contributed by atoms with Crippen molar-refractivity contribution in [2.75, 3.05) is 0 Å². The Balaban J connectivity index is 2.71. The molecule has 1 rings (SSSR count). The summed E-state index contributed by atoms with van der Waals surface area (Å²) in [5.41, 5.74) is 0.859. The summed E-state index contributed by atoms with van der Waals surface area (Å²) in [6.07, 6.45) is 2.58. The summed E-state index contributed by atoms with van der Waals surface area (Å²) in [6.45, 7) is 14.0. The van der Waals surface area contributed by atoms with Gasteiger partial charge in [0.05, 0.1) is 0 Å². The molecule has 1 aliphatic rings. The highest BCUT2D eigenvalue weighted by molar-refractivity contribution is 5.08. The van der Waals surface area contributed by atoms with Crippen LogP contribution < -0.4 is 0 Å². The average molecular weight is 169 g/mol. The predicted octanol–water partition coefficient (Wildman–Crippen LogP) is 3.05. The molecule has 1 heteroatoms. The van der Waals surface area contributed by atoms with Gasteiger partial charge in [-0.2, -0.15) is 0 Å². The quantitative estimate of drug-likeness (QED) is 0.614. The molecule has 0 aromatic rings. The van der Waals surface area contributed by atoms with E-state index in [1.165, 1.54) is 12.8 Å². The lowest BCUT2D eigenvalue weighted by molar-refractivity contribution is -0.132. The van der Waals surface area contributed by atoms with Crippen LogP contribution in [0.4, 0.5) is 0 Å². The van der Waals surface area contributed by atoms with Crippen molar-refractivity contribution < 1.29 is 0 Å². The summed E-state index contributed by atoms with van der Waals surface area (Å²) < 4.78 is 0. The summed E-state index contributed by atoms with van der Waals surface area (Å²) in [6, 6.07) is 0.726. The van der Waals surface area contributed by atoms with Crippen molar-refractivity contribution in [2.24, 2.45) is 0 Å². The zero-order valence-corrected chi connectivity index (χ0v) is 9.44. The number of rotatable bonds is 2. The molecule has 0 aromatic carbocycles. The average Bonchev–Trinajstić information content (AvgIpc) is 1.82. The lowest BCUT2D eigenvalue weighted by Gasteiger charge is -2.63. The van der Waals surface area contributed by atoms with Crippen LogP contribution in [-0.2, 0) is 0 Å². The van der Waals surface area contributed by atoms with Crippen LogP contribution in [0.1, 0.15) is 54.4 Å². The zero-order valence-electron chi connectivity index (χ0n) is 9.44. The van der Waals surface area contributed by atoms with Gasteiger partial charge in [0.15, 0.2) is 0 Å². The van der Waals surface area contributed by atoms with Crippen LogP contribution in [0.2, 0.25) is 0 Å². The molecule has 0 bridgehead atoms. The first-order valence-corrected chi connectivity index (χ1v) is 5.11. The standard InChI is InChI=1S/C11H23N/c1-7-9(2)12-10(3,4)8-11(12,5)6/h9H,7-8H2,1-6H3. The molecule has 1 fully saturated rings. The SMILES string of the molecule is CCC(C)N1C(C)(C)CC1(C)C. The van der Waals surface area contributed by atoms with E-state index in [0.29, 0.717) is 11.1 Å². The van der Waals surface area contributed by atoms with E-state index in [2.05, 4.69) is 46.4 Å². The normalized spacial score (nSPS) is 29.5. The third-order valence-electron chi connectivity index (χ3n) is 3.20. The second-order valence-corrected chi connectivity index (χ2v) is 5.43. The van der Waals surface area contributed by atoms with E-state index in [1.807, 2.05) is 0 Å². The molecule has 0 spiro atoms. The highest BCUT2D eigenvalue weighted by Gasteiger charge is 2.51. The van der Waals surface area contributed by atoms with Crippen molar-refractivity contribution in [3.8, 4) is 0 Å². The van der Waals surface area contributed by atoms with Crippen LogP contribution in [0.15, 0.2) is 0 Å². The Bertz CT molecular complexity index is 156. The predicted molar refractivity (Wildman–Crippen MR) is 54.4 cm³/mol. The maximum absolute atomic E-state index is 2.65. The molecule has 0 saturated carbocycles. The Labute approximate surface area is 77.1 Å². The fourth-order valence-corrected chi connectivity index (χ4v) is 3.33. The Morgan fingerprint density at radius 2 is 1.58 bits per heavy atom. The monoisotopic (exact) mass is 169 g/mol. The molecule has 1 aliphatic heterocycles. The largest absolute Gasteiger partial charge is 0.290 e. The van der Waals surface area contributed by atoms with Crippen LogP contribution in [-0.4, -0.2) is 22.0 Å². The minimum Gasteiger partial charge on any atom is -0.290 e. The fourth-order valence-electron chi connectivity index (χ4n) is 3.33. The summed E-state index contributed by atoms with van der Waals surface area (Å²) >= 11 is 0. The van der Waals surface area contributed by atoms with E-state index < -0.39 is 0 Å². The van der Waals surface area contributed by atoms with Gasteiger partial charge in [-0.3, -0.25) is 4.90 Å². The number of likely N-dealkylation sites (tertiary alicyclic amines) is 1. The lowest BCUT2D eigenvalue weighted by Crippen LogP contribution is -2.71. The molecule has 0 aliphatic carbocycles. The molecule has 1 saturated heterocycles. The van der Waals surface area contributed by atoms with Crippen LogP contribution in [0, 0.1) is 0 Å². The minimum atomic E-state index is 0.429. The lowest BCUT2D eigenvalue weighted by atomic mass is 9.71. The molecule has 1 atom stereocenters. The Morgan fingerprint density at radius 1 is 1.17 bits per heavy atom. The van der Waals surface area contributed by atoms with Crippen molar-refractivity contribution in [1.29, 1.82) is 0 Å². The molecule has 0 amide bonds. The number of hydrogen-bond acceptors (Lipinski definition) is 1. The number of hydrogen-bond donors (Lipinski definition) is 0. The maximum atomic E-state index is 2.65. The van der Waals surface area contributed by atoms with Gasteiger partial charge in [0.2, 0.25) is 0 Å². The molecule has 12 heavy (non-hydrogen) atoms. The first-order chi connectivity index (χ1) is 5.31. The highest BCUT2D eigenvalue weighted by atomic mass is 15.3. The molecule has 0 aromatic heterocycles. The molecular formula is C11H23N. The van der Waals surface area contributed by atoms with Crippen molar-refractivity contribution in [1.82, 2.24) is 4.90 Å². The molecule has 1 unspecified atom stereocenters. The van der Waals surface area contributed by atoms with E-state index >= 15 is 0 Å². The van der Waals surface area contributed by atoms with Gasteiger partial charge in [-0.05, 0) is 47.5 Å². The van der Waals surface area contributed by atoms with Gasteiger partial charge in [0.1, 0.15) is 0 Å². The van der Waals surface area contributed by atoms with Crippen molar-refractivity contribution >= 4 is 0 Å². The summed E-state index contributed by atoms with van der Waals surface area (Å²) in [5.74, 6) is 0. The molecule has 1 nitrogen and oxygen atoms in total. The molecule has 72 valence electrons. The first kappa shape index (κ1) is 10.0. The smallest absolute Gasteiger partial charge is 0.0178 e. The van der Waals surface area contributed by atoms with E-state index in [-0.39, 0.29) is 0 Å². The van der Waals surface area contributed by atoms with Gasteiger partial charge < -0.3 is 0 Å². The fraction of sp³-hybridized carbons (Fsp3) is 1.00. The molecule has 0 N–H and O–H groups in total. The van der Waals surface area contributed by atoms with Gasteiger partial charge in [-0.1, -0.05) is 6.92 Å². The third-order valence-corrected chi connectivity index (χ3v) is 3.20. The van der Waals surface area contributed by atoms with Crippen LogP contribution in [0.5, 0.6) is 0 Å². The summed E-state index contributed by atoms with van der Waals surface area (Å²) in [5, 5.41) is 0. The van der Waals surface area contributed by atoms with Crippen LogP contribution in [0.3, 0.4) is 0 Å². The maximum Gasteiger partial charge on any atom is 0.0178 e. The summed E-state index contributed by atoms with van der Waals surface area (Å²) in [7, 11) is 0. The zero-order chi connectivity index (χ0) is 9.57. The Hall–Kier alpha value is -0.0400. The van der Waals surface area contributed by atoms with E-state index in [9.17, 15) is 0 Å². The van der Waals surface area contributed by atoms with Crippen molar-refractivity contribution in [3.05, 3.63) is 0 Å². The van der Waals surface area contributed by atoms with Gasteiger partial charge in [0, 0.05) is 17.1 Å². The highest BCUT2D eigenvalue weighted by Crippen LogP contribution is 2.46. The van der Waals surface area contributed by atoms with Gasteiger partial charge in [0.25, 0.3) is 0 Å². The van der Waals surface area contributed by atoms with E-state index in [4.69, 9.17) is 0 Å². The first-order valence-electron chi connectivity index (χ1n) is 5.11. The molecule has 1 heterocycles. The van der Waals surface area contributed by atoms with Crippen molar-refractivity contribution in [3.63, 3.8) is 0 Å². The number of nitrogens with zero attached hydrogens (tertiary/aromatic N) is 1. The molecular weight excluding hydrogens is 146 g/mol. The van der Waals surface area contributed by atoms with Crippen LogP contribution >= 0.6 is 0 Å². The van der Waals surface area contributed by atoms with Gasteiger partial charge in [-0.25, -0.2) is 0 Å². The van der Waals surface area contributed by atoms with E-state index in [0.717, 1.165) is 6.04 Å².